The maximum Gasteiger partial charge on any atom is 0.248 e. The largest absolute Gasteiger partial charge is 0.381 e. The molecule has 1 fully saturated rings. The van der Waals surface area contributed by atoms with E-state index in [1.54, 1.807) is 6.07 Å². The normalized spacial score (nSPS) is 18.8. The second-order valence-electron chi connectivity index (χ2n) is 3.27. The van der Waals surface area contributed by atoms with Gasteiger partial charge in [-0.1, -0.05) is 0 Å². The van der Waals surface area contributed by atoms with Gasteiger partial charge >= 0.3 is 0 Å². The van der Waals surface area contributed by atoms with Crippen molar-refractivity contribution in [1.82, 2.24) is 4.98 Å². The lowest BCUT2D eigenvalue weighted by molar-refractivity contribution is 0.0844. The topological polar surface area (TPSA) is 42.1 Å². The van der Waals surface area contributed by atoms with Crippen molar-refractivity contribution in [3.8, 4) is 0 Å². The van der Waals surface area contributed by atoms with Crippen LogP contribution in [-0.4, -0.2) is 18.2 Å². The third-order valence-electron chi connectivity index (χ3n) is 2.36. The van der Waals surface area contributed by atoms with Crippen LogP contribution in [0.5, 0.6) is 0 Å². The van der Waals surface area contributed by atoms with Gasteiger partial charge in [0.05, 0.1) is 0 Å². The third kappa shape index (κ3) is 1.98. The zero-order chi connectivity index (χ0) is 9.10. The van der Waals surface area contributed by atoms with Gasteiger partial charge < -0.3 is 9.72 Å². The summed E-state index contributed by atoms with van der Waals surface area (Å²) in [6.07, 6.45) is 1.97. The molecule has 2 rings (SSSR count). The molecule has 2 heterocycles. The fourth-order valence-electron chi connectivity index (χ4n) is 1.62. The van der Waals surface area contributed by atoms with E-state index in [0.29, 0.717) is 5.92 Å². The molecule has 1 aromatic rings. The van der Waals surface area contributed by atoms with Gasteiger partial charge in [-0.25, -0.2) is 0 Å². The summed E-state index contributed by atoms with van der Waals surface area (Å²) in [5.41, 5.74) is 0.885. The monoisotopic (exact) mass is 178 g/mol. The first kappa shape index (κ1) is 8.51. The van der Waals surface area contributed by atoms with Gasteiger partial charge in [0.15, 0.2) is 0 Å². The van der Waals surface area contributed by atoms with Crippen LogP contribution in [0.4, 0.5) is 0 Å². The summed E-state index contributed by atoms with van der Waals surface area (Å²) in [6.45, 7) is 1.57. The molecule has 1 aromatic heterocycles. The van der Waals surface area contributed by atoms with Crippen LogP contribution in [0, 0.1) is 6.07 Å². The number of rotatable bonds is 1. The van der Waals surface area contributed by atoms with E-state index in [4.69, 9.17) is 4.74 Å². The minimum absolute atomic E-state index is 0.0414. The molecular weight excluding hydrogens is 166 g/mol. The molecule has 0 amide bonds. The summed E-state index contributed by atoms with van der Waals surface area (Å²) in [5, 5.41) is 0. The lowest BCUT2D eigenvalue weighted by Crippen LogP contribution is -2.17. The summed E-state index contributed by atoms with van der Waals surface area (Å²) in [7, 11) is 0. The van der Waals surface area contributed by atoms with Gasteiger partial charge in [-0.2, -0.15) is 0 Å². The van der Waals surface area contributed by atoms with Gasteiger partial charge in [0.1, 0.15) is 0 Å². The number of hydrogen-bond acceptors (Lipinski definition) is 2. The summed E-state index contributed by atoms with van der Waals surface area (Å²) < 4.78 is 5.25. The number of ether oxygens (including phenoxy) is 1. The Hall–Kier alpha value is -1.09. The molecular formula is C10H12NO2. The summed E-state index contributed by atoms with van der Waals surface area (Å²) >= 11 is 0. The van der Waals surface area contributed by atoms with Gasteiger partial charge in [-0.05, 0) is 18.9 Å². The second kappa shape index (κ2) is 3.75. The molecule has 13 heavy (non-hydrogen) atoms. The van der Waals surface area contributed by atoms with Gasteiger partial charge in [0.2, 0.25) is 5.56 Å². The second-order valence-corrected chi connectivity index (χ2v) is 3.27. The third-order valence-corrected chi connectivity index (χ3v) is 2.36. The highest BCUT2D eigenvalue weighted by molar-refractivity contribution is 5.08. The summed E-state index contributed by atoms with van der Waals surface area (Å²) in [5.74, 6) is 0.419. The smallest absolute Gasteiger partial charge is 0.248 e. The van der Waals surface area contributed by atoms with Gasteiger partial charge in [-0.15, -0.1) is 0 Å². The van der Waals surface area contributed by atoms with E-state index in [9.17, 15) is 4.79 Å². The molecule has 1 aliphatic rings. The first-order valence-corrected chi connectivity index (χ1v) is 4.55. The lowest BCUT2D eigenvalue weighted by atomic mass is 9.96. The van der Waals surface area contributed by atoms with Gasteiger partial charge in [0, 0.05) is 37.0 Å². The van der Waals surface area contributed by atoms with Crippen LogP contribution in [0.25, 0.3) is 0 Å². The van der Waals surface area contributed by atoms with Crippen molar-refractivity contribution >= 4 is 0 Å². The van der Waals surface area contributed by atoms with Crippen LogP contribution >= 0.6 is 0 Å². The van der Waals surface area contributed by atoms with E-state index in [1.807, 2.05) is 0 Å². The fraction of sp³-hybridized carbons (Fsp3) is 0.500. The van der Waals surface area contributed by atoms with Crippen LogP contribution in [-0.2, 0) is 4.74 Å². The Morgan fingerprint density at radius 1 is 1.46 bits per heavy atom. The SMILES string of the molecule is O=c1cc[c]c(C2CCOCC2)[nH]1. The maximum absolute atomic E-state index is 11.0. The molecule has 1 radical (unpaired) electrons. The van der Waals surface area contributed by atoms with Crippen molar-refractivity contribution in [2.75, 3.05) is 13.2 Å². The van der Waals surface area contributed by atoms with Gasteiger partial charge in [-0.3, -0.25) is 4.79 Å². The molecule has 0 spiro atoms. The minimum Gasteiger partial charge on any atom is -0.381 e. The highest BCUT2D eigenvalue weighted by Gasteiger charge is 2.16. The van der Waals surface area contributed by atoms with E-state index in [1.165, 1.54) is 6.07 Å². The Balaban J connectivity index is 2.19. The van der Waals surface area contributed by atoms with E-state index in [2.05, 4.69) is 11.1 Å². The predicted octanol–water partition coefficient (Wildman–Crippen LogP) is 1.07. The average molecular weight is 178 g/mol. The molecule has 0 bridgehead atoms. The summed E-state index contributed by atoms with van der Waals surface area (Å²) in [4.78, 5) is 13.8. The molecule has 0 aliphatic carbocycles. The first-order valence-electron chi connectivity index (χ1n) is 4.55. The Labute approximate surface area is 76.7 Å². The molecule has 3 nitrogen and oxygen atoms in total. The molecule has 0 atom stereocenters. The highest BCUT2D eigenvalue weighted by Crippen LogP contribution is 2.23. The highest BCUT2D eigenvalue weighted by atomic mass is 16.5. The van der Waals surface area contributed by atoms with E-state index < -0.39 is 0 Å². The number of nitrogens with one attached hydrogen (secondary N) is 1. The Morgan fingerprint density at radius 2 is 2.23 bits per heavy atom. The number of hydrogen-bond donors (Lipinski definition) is 1. The standard InChI is InChI=1S/C10H12NO2/c12-10-3-1-2-9(11-10)8-4-6-13-7-5-8/h1,3,8H,4-7H2,(H,11,12). The maximum atomic E-state index is 11.0. The van der Waals surface area contributed by atoms with Crippen LogP contribution in [0.1, 0.15) is 24.5 Å². The average Bonchev–Trinajstić information content (AvgIpc) is 2.19. The Kier molecular flexibility index (Phi) is 2.45. The van der Waals surface area contributed by atoms with Crippen LogP contribution in [0.2, 0.25) is 0 Å². The van der Waals surface area contributed by atoms with E-state index >= 15 is 0 Å². The quantitative estimate of drug-likeness (QED) is 0.699. The van der Waals surface area contributed by atoms with Crippen LogP contribution in [0.15, 0.2) is 16.9 Å². The van der Waals surface area contributed by atoms with Crippen molar-refractivity contribution in [2.24, 2.45) is 0 Å². The lowest BCUT2D eigenvalue weighted by Gasteiger charge is -2.21. The molecule has 1 N–H and O–H groups in total. The van der Waals surface area contributed by atoms with Crippen molar-refractivity contribution in [1.29, 1.82) is 0 Å². The minimum atomic E-state index is -0.0414. The van der Waals surface area contributed by atoms with Crippen molar-refractivity contribution in [3.63, 3.8) is 0 Å². The number of pyridine rings is 1. The molecule has 69 valence electrons. The number of aromatic amines is 1. The zero-order valence-electron chi connectivity index (χ0n) is 7.38. The molecule has 3 heteroatoms. The van der Waals surface area contributed by atoms with Crippen molar-refractivity contribution < 1.29 is 4.74 Å². The summed E-state index contributed by atoms with van der Waals surface area (Å²) in [6, 6.07) is 6.24. The predicted molar refractivity (Wildman–Crippen MR) is 48.7 cm³/mol. The molecule has 1 saturated heterocycles. The van der Waals surface area contributed by atoms with E-state index in [-0.39, 0.29) is 5.56 Å². The fourth-order valence-corrected chi connectivity index (χ4v) is 1.62. The van der Waals surface area contributed by atoms with Crippen molar-refractivity contribution in [3.05, 3.63) is 34.2 Å². The van der Waals surface area contributed by atoms with Crippen LogP contribution < -0.4 is 5.56 Å². The first-order chi connectivity index (χ1) is 6.36. The molecule has 1 aliphatic heterocycles. The Morgan fingerprint density at radius 3 is 2.92 bits per heavy atom. The van der Waals surface area contributed by atoms with Crippen LogP contribution in [0.3, 0.4) is 0 Å². The van der Waals surface area contributed by atoms with Gasteiger partial charge in [0.25, 0.3) is 0 Å². The number of aromatic nitrogens is 1. The molecule has 0 unspecified atom stereocenters. The Bertz CT molecular complexity index is 326. The number of H-pyrrole nitrogens is 1. The molecule has 0 aromatic carbocycles. The molecule has 0 saturated carbocycles. The zero-order valence-corrected chi connectivity index (χ0v) is 7.38. The van der Waals surface area contributed by atoms with E-state index in [0.717, 1.165) is 31.7 Å². The van der Waals surface area contributed by atoms with Crippen molar-refractivity contribution in [2.45, 2.75) is 18.8 Å².